The molecule has 0 aliphatic carbocycles. The Labute approximate surface area is 159 Å². The minimum atomic E-state index is -4.63. The quantitative estimate of drug-likeness (QED) is 0.797. The predicted molar refractivity (Wildman–Crippen MR) is 97.6 cm³/mol. The molecule has 2 aromatic rings. The summed E-state index contributed by atoms with van der Waals surface area (Å²) in [6.07, 6.45) is -4.10. The van der Waals surface area contributed by atoms with Crippen LogP contribution in [0.1, 0.15) is 18.1 Å². The molecule has 2 rings (SSSR count). The van der Waals surface area contributed by atoms with Crippen LogP contribution in [0.4, 0.5) is 18.9 Å². The molecule has 0 aliphatic rings. The first kappa shape index (κ1) is 20.8. The normalized spacial score (nSPS) is 11.1. The molecule has 0 saturated carbocycles. The van der Waals surface area contributed by atoms with Gasteiger partial charge in [0.1, 0.15) is 6.54 Å². The van der Waals surface area contributed by atoms with E-state index in [4.69, 9.17) is 11.6 Å². The molecule has 2 amide bonds. The fourth-order valence-corrected chi connectivity index (χ4v) is 2.64. The fraction of sp³-hybridized carbons (Fsp3) is 0.263. The highest BCUT2D eigenvalue weighted by atomic mass is 35.5. The number of hydrogen-bond donors (Lipinski definition) is 1. The Bertz CT molecular complexity index is 807. The molecule has 0 heterocycles. The number of para-hydroxylation sites is 1. The number of alkyl halides is 3. The largest absolute Gasteiger partial charge is 0.418 e. The van der Waals surface area contributed by atoms with Gasteiger partial charge >= 0.3 is 6.18 Å². The molecular weight excluding hydrogens is 381 g/mol. The van der Waals surface area contributed by atoms with Crippen LogP contribution in [-0.2, 0) is 22.2 Å². The zero-order valence-electron chi connectivity index (χ0n) is 14.5. The van der Waals surface area contributed by atoms with Crippen molar-refractivity contribution in [1.29, 1.82) is 0 Å². The van der Waals surface area contributed by atoms with Crippen molar-refractivity contribution in [2.24, 2.45) is 0 Å². The Morgan fingerprint density at radius 1 is 1.07 bits per heavy atom. The van der Waals surface area contributed by atoms with Crippen LogP contribution in [0.5, 0.6) is 0 Å². The van der Waals surface area contributed by atoms with E-state index in [1.165, 1.54) is 18.2 Å². The second-order valence-corrected chi connectivity index (χ2v) is 6.28. The highest BCUT2D eigenvalue weighted by Gasteiger charge is 2.35. The zero-order chi connectivity index (χ0) is 20.0. The highest BCUT2D eigenvalue weighted by Crippen LogP contribution is 2.36. The standard InChI is InChI=1S/C19H18ClF3N2O2/c1-13(26)25(17-5-3-2-4-16(17)19(21,22)23)12-18(27)24-11-10-14-6-8-15(20)9-7-14/h2-9H,10-12H2,1H3,(H,24,27). The van der Waals surface area contributed by atoms with Crippen molar-refractivity contribution >= 4 is 29.1 Å². The van der Waals surface area contributed by atoms with Crippen LogP contribution in [0.2, 0.25) is 5.02 Å². The van der Waals surface area contributed by atoms with Crippen molar-refractivity contribution in [2.45, 2.75) is 19.5 Å². The van der Waals surface area contributed by atoms with Gasteiger partial charge in [0, 0.05) is 18.5 Å². The maximum atomic E-state index is 13.2. The van der Waals surface area contributed by atoms with E-state index in [0.717, 1.165) is 23.5 Å². The first-order chi connectivity index (χ1) is 12.7. The molecule has 4 nitrogen and oxygen atoms in total. The lowest BCUT2D eigenvalue weighted by molar-refractivity contribution is -0.137. The average Bonchev–Trinajstić information content (AvgIpc) is 2.60. The van der Waals surface area contributed by atoms with Gasteiger partial charge in [-0.15, -0.1) is 0 Å². The number of hydrogen-bond acceptors (Lipinski definition) is 2. The first-order valence-corrected chi connectivity index (χ1v) is 8.51. The summed E-state index contributed by atoms with van der Waals surface area (Å²) >= 11 is 5.80. The summed E-state index contributed by atoms with van der Waals surface area (Å²) in [4.78, 5) is 24.8. The topological polar surface area (TPSA) is 49.4 Å². The van der Waals surface area contributed by atoms with E-state index < -0.39 is 30.1 Å². The third kappa shape index (κ3) is 5.99. The van der Waals surface area contributed by atoms with E-state index >= 15 is 0 Å². The van der Waals surface area contributed by atoms with Gasteiger partial charge in [0.2, 0.25) is 11.8 Å². The molecule has 0 saturated heterocycles. The summed E-state index contributed by atoms with van der Waals surface area (Å²) in [5.41, 5.74) is -0.356. The van der Waals surface area contributed by atoms with Gasteiger partial charge in [-0.3, -0.25) is 9.59 Å². The molecule has 0 aliphatic heterocycles. The summed E-state index contributed by atoms with van der Waals surface area (Å²) < 4.78 is 39.5. The second-order valence-electron chi connectivity index (χ2n) is 5.85. The van der Waals surface area contributed by atoms with Gasteiger partial charge in [-0.25, -0.2) is 0 Å². The number of halogens is 4. The van der Waals surface area contributed by atoms with Crippen LogP contribution < -0.4 is 10.2 Å². The van der Waals surface area contributed by atoms with E-state index in [1.807, 2.05) is 12.1 Å². The Morgan fingerprint density at radius 3 is 2.30 bits per heavy atom. The molecule has 0 fully saturated rings. The van der Waals surface area contributed by atoms with Crippen LogP contribution in [0, 0.1) is 0 Å². The van der Waals surface area contributed by atoms with Gasteiger partial charge in [-0.2, -0.15) is 13.2 Å². The number of nitrogens with one attached hydrogen (secondary N) is 1. The van der Waals surface area contributed by atoms with Gasteiger partial charge in [-0.1, -0.05) is 35.9 Å². The Morgan fingerprint density at radius 2 is 1.70 bits per heavy atom. The summed E-state index contributed by atoms with van der Waals surface area (Å²) in [5, 5.41) is 3.21. The number of carbonyl (C=O) groups is 2. The van der Waals surface area contributed by atoms with Gasteiger partial charge in [0.05, 0.1) is 11.3 Å². The van der Waals surface area contributed by atoms with Crippen molar-refractivity contribution in [3.05, 3.63) is 64.7 Å². The minimum absolute atomic E-state index is 0.285. The van der Waals surface area contributed by atoms with Crippen molar-refractivity contribution in [1.82, 2.24) is 5.32 Å². The molecule has 8 heteroatoms. The number of benzene rings is 2. The van der Waals surface area contributed by atoms with Crippen LogP contribution in [-0.4, -0.2) is 24.9 Å². The van der Waals surface area contributed by atoms with E-state index in [2.05, 4.69) is 5.32 Å². The van der Waals surface area contributed by atoms with Crippen molar-refractivity contribution < 1.29 is 22.8 Å². The molecule has 0 atom stereocenters. The Balaban J connectivity index is 2.03. The van der Waals surface area contributed by atoms with Gasteiger partial charge < -0.3 is 10.2 Å². The van der Waals surface area contributed by atoms with E-state index in [0.29, 0.717) is 11.4 Å². The zero-order valence-corrected chi connectivity index (χ0v) is 15.3. The Kier molecular flexibility index (Phi) is 6.85. The van der Waals surface area contributed by atoms with E-state index in [1.54, 1.807) is 12.1 Å². The number of amides is 2. The SMILES string of the molecule is CC(=O)N(CC(=O)NCCc1ccc(Cl)cc1)c1ccccc1C(F)(F)F. The minimum Gasteiger partial charge on any atom is -0.354 e. The number of nitrogens with zero attached hydrogens (tertiary/aromatic N) is 1. The van der Waals surface area contributed by atoms with Crippen LogP contribution in [0.25, 0.3) is 0 Å². The molecule has 0 radical (unpaired) electrons. The lowest BCUT2D eigenvalue weighted by atomic mass is 10.1. The molecule has 1 N–H and O–H groups in total. The molecule has 0 unspecified atom stereocenters. The second kappa shape index (κ2) is 8.90. The van der Waals surface area contributed by atoms with Crippen LogP contribution >= 0.6 is 11.6 Å². The molecular formula is C19H18ClF3N2O2. The van der Waals surface area contributed by atoms with Crippen molar-refractivity contribution in [3.63, 3.8) is 0 Å². The van der Waals surface area contributed by atoms with E-state index in [-0.39, 0.29) is 12.2 Å². The first-order valence-electron chi connectivity index (χ1n) is 8.14. The van der Waals surface area contributed by atoms with Gasteiger partial charge in [-0.05, 0) is 36.2 Å². The summed E-state index contributed by atoms with van der Waals surface area (Å²) in [5.74, 6) is -1.20. The highest BCUT2D eigenvalue weighted by molar-refractivity contribution is 6.30. The fourth-order valence-electron chi connectivity index (χ4n) is 2.51. The molecule has 144 valence electrons. The van der Waals surface area contributed by atoms with Crippen LogP contribution in [0.3, 0.4) is 0 Å². The maximum Gasteiger partial charge on any atom is 0.418 e. The Hall–Kier alpha value is -2.54. The summed E-state index contributed by atoms with van der Waals surface area (Å²) in [6.45, 7) is 0.907. The number of rotatable bonds is 6. The third-order valence-corrected chi connectivity index (χ3v) is 4.08. The monoisotopic (exact) mass is 398 g/mol. The summed E-state index contributed by atoms with van der Waals surface area (Å²) in [7, 11) is 0. The molecule has 0 aromatic heterocycles. The maximum absolute atomic E-state index is 13.2. The molecule has 0 bridgehead atoms. The van der Waals surface area contributed by atoms with Crippen molar-refractivity contribution in [3.8, 4) is 0 Å². The molecule has 27 heavy (non-hydrogen) atoms. The molecule has 0 spiro atoms. The lowest BCUT2D eigenvalue weighted by Gasteiger charge is -2.24. The van der Waals surface area contributed by atoms with E-state index in [9.17, 15) is 22.8 Å². The smallest absolute Gasteiger partial charge is 0.354 e. The lowest BCUT2D eigenvalue weighted by Crippen LogP contribution is -2.41. The third-order valence-electron chi connectivity index (χ3n) is 3.83. The number of carbonyl (C=O) groups excluding carboxylic acids is 2. The van der Waals surface area contributed by atoms with Gasteiger partial charge in [0.25, 0.3) is 0 Å². The average molecular weight is 399 g/mol. The van der Waals surface area contributed by atoms with Gasteiger partial charge in [0.15, 0.2) is 0 Å². The van der Waals surface area contributed by atoms with Crippen molar-refractivity contribution in [2.75, 3.05) is 18.0 Å². The molecule has 2 aromatic carbocycles. The summed E-state index contributed by atoms with van der Waals surface area (Å²) in [6, 6.07) is 11.8. The van der Waals surface area contributed by atoms with Crippen LogP contribution in [0.15, 0.2) is 48.5 Å². The predicted octanol–water partition coefficient (Wildman–Crippen LogP) is 4.07. The number of anilines is 1.